The van der Waals surface area contributed by atoms with Crippen molar-refractivity contribution in [3.05, 3.63) is 59.4 Å². The van der Waals surface area contributed by atoms with E-state index in [-0.39, 0.29) is 38.4 Å². The number of amides is 1. The van der Waals surface area contributed by atoms with Crippen LogP contribution in [0.25, 0.3) is 0 Å². The minimum atomic E-state index is -1.21. The van der Waals surface area contributed by atoms with Crippen molar-refractivity contribution in [1.82, 2.24) is 4.90 Å². The van der Waals surface area contributed by atoms with Crippen LogP contribution in [0, 0.1) is 23.4 Å². The van der Waals surface area contributed by atoms with Crippen molar-refractivity contribution in [2.45, 2.75) is 19.8 Å². The topological polar surface area (TPSA) is 55.8 Å². The Balaban J connectivity index is 1.55. The van der Waals surface area contributed by atoms with E-state index in [9.17, 15) is 22.8 Å². The molecule has 0 saturated carbocycles. The van der Waals surface area contributed by atoms with E-state index in [1.165, 1.54) is 0 Å². The molecule has 1 fully saturated rings. The standard InChI is InChI=1S/C22H22F3NO4/c1-2-29-18-5-3-4-6-19(18)30-13-20(27)26-9-7-14(8-10-26)22(28)21-16(24)11-15(23)12-17(21)25/h3-6,11-12,14H,2,7-10,13H2,1H3. The van der Waals surface area contributed by atoms with E-state index in [4.69, 9.17) is 9.47 Å². The number of nitrogens with zero attached hydrogens (tertiary/aromatic N) is 1. The third kappa shape index (κ3) is 4.93. The number of ketones is 1. The molecule has 8 heteroatoms. The summed E-state index contributed by atoms with van der Waals surface area (Å²) in [6.45, 7) is 2.64. The van der Waals surface area contributed by atoms with Gasteiger partial charge in [0.05, 0.1) is 12.2 Å². The van der Waals surface area contributed by atoms with Gasteiger partial charge in [0.1, 0.15) is 17.5 Å². The van der Waals surface area contributed by atoms with Crippen LogP contribution in [0.3, 0.4) is 0 Å². The van der Waals surface area contributed by atoms with E-state index in [2.05, 4.69) is 0 Å². The molecule has 2 aromatic rings. The fraction of sp³-hybridized carbons (Fsp3) is 0.364. The van der Waals surface area contributed by atoms with Gasteiger partial charge in [0.25, 0.3) is 5.91 Å². The molecule has 0 spiro atoms. The summed E-state index contributed by atoms with van der Waals surface area (Å²) in [7, 11) is 0. The number of para-hydroxylation sites is 2. The molecule has 0 bridgehead atoms. The SMILES string of the molecule is CCOc1ccccc1OCC(=O)N1CCC(C(=O)c2c(F)cc(F)cc2F)CC1. The molecule has 1 aliphatic rings. The Morgan fingerprint density at radius 2 is 1.57 bits per heavy atom. The quantitative estimate of drug-likeness (QED) is 0.634. The van der Waals surface area contributed by atoms with Crippen molar-refractivity contribution >= 4 is 11.7 Å². The predicted molar refractivity (Wildman–Crippen MR) is 103 cm³/mol. The summed E-state index contributed by atoms with van der Waals surface area (Å²) < 4.78 is 51.8. The summed E-state index contributed by atoms with van der Waals surface area (Å²) in [5, 5.41) is 0. The molecule has 0 N–H and O–H groups in total. The summed E-state index contributed by atoms with van der Waals surface area (Å²) in [4.78, 5) is 26.5. The first-order valence-electron chi connectivity index (χ1n) is 9.71. The maximum atomic E-state index is 13.9. The molecule has 0 unspecified atom stereocenters. The Labute approximate surface area is 172 Å². The van der Waals surface area contributed by atoms with Gasteiger partial charge in [-0.05, 0) is 31.9 Å². The Kier molecular flexibility index (Phi) is 6.97. The van der Waals surface area contributed by atoms with Crippen molar-refractivity contribution in [2.75, 3.05) is 26.3 Å². The molecule has 30 heavy (non-hydrogen) atoms. The Hall–Kier alpha value is -3.03. The van der Waals surface area contributed by atoms with Gasteiger partial charge in [0.2, 0.25) is 0 Å². The number of rotatable bonds is 7. The highest BCUT2D eigenvalue weighted by Gasteiger charge is 2.31. The van der Waals surface area contributed by atoms with Crippen molar-refractivity contribution in [3.8, 4) is 11.5 Å². The van der Waals surface area contributed by atoms with Gasteiger partial charge in [-0.3, -0.25) is 9.59 Å². The second-order valence-electron chi connectivity index (χ2n) is 6.93. The number of carbonyl (C=O) groups excluding carboxylic acids is 2. The summed E-state index contributed by atoms with van der Waals surface area (Å²) in [5.74, 6) is -4.10. The van der Waals surface area contributed by atoms with E-state index in [0.29, 0.717) is 30.2 Å². The van der Waals surface area contributed by atoms with Crippen LogP contribution in [-0.4, -0.2) is 42.9 Å². The highest BCUT2D eigenvalue weighted by molar-refractivity contribution is 5.98. The summed E-state index contributed by atoms with van der Waals surface area (Å²) in [5.41, 5.74) is -0.725. The minimum Gasteiger partial charge on any atom is -0.490 e. The van der Waals surface area contributed by atoms with Gasteiger partial charge in [-0.25, -0.2) is 13.2 Å². The maximum Gasteiger partial charge on any atom is 0.260 e. The molecular weight excluding hydrogens is 399 g/mol. The van der Waals surface area contributed by atoms with Crippen LogP contribution in [0.4, 0.5) is 13.2 Å². The van der Waals surface area contributed by atoms with Crippen molar-refractivity contribution in [1.29, 1.82) is 0 Å². The van der Waals surface area contributed by atoms with Gasteiger partial charge in [-0.1, -0.05) is 12.1 Å². The molecule has 0 atom stereocenters. The summed E-state index contributed by atoms with van der Waals surface area (Å²) in [6, 6.07) is 8.00. The Morgan fingerprint density at radius 1 is 1.00 bits per heavy atom. The smallest absolute Gasteiger partial charge is 0.260 e. The van der Waals surface area contributed by atoms with Crippen LogP contribution in [0.1, 0.15) is 30.1 Å². The predicted octanol–water partition coefficient (Wildman–Crippen LogP) is 4.00. The molecule has 1 amide bonds. The van der Waals surface area contributed by atoms with Gasteiger partial charge < -0.3 is 14.4 Å². The monoisotopic (exact) mass is 421 g/mol. The molecule has 2 aromatic carbocycles. The molecule has 1 saturated heterocycles. The van der Waals surface area contributed by atoms with Gasteiger partial charge in [-0.15, -0.1) is 0 Å². The van der Waals surface area contributed by atoms with Gasteiger partial charge in [0.15, 0.2) is 23.9 Å². The number of carbonyl (C=O) groups is 2. The number of ether oxygens (including phenoxy) is 2. The van der Waals surface area contributed by atoms with Crippen molar-refractivity contribution in [2.24, 2.45) is 5.92 Å². The van der Waals surface area contributed by atoms with Crippen molar-refractivity contribution < 1.29 is 32.2 Å². The minimum absolute atomic E-state index is 0.191. The lowest BCUT2D eigenvalue weighted by atomic mass is 9.88. The molecule has 0 radical (unpaired) electrons. The summed E-state index contributed by atoms with van der Waals surface area (Å²) >= 11 is 0. The molecular formula is C22H22F3NO4. The number of hydrogen-bond donors (Lipinski definition) is 0. The van der Waals surface area contributed by atoms with Crippen LogP contribution in [-0.2, 0) is 4.79 Å². The van der Waals surface area contributed by atoms with Crippen LogP contribution in [0.5, 0.6) is 11.5 Å². The highest BCUT2D eigenvalue weighted by atomic mass is 19.1. The number of piperidine rings is 1. The summed E-state index contributed by atoms with van der Waals surface area (Å²) in [6.07, 6.45) is 0.521. The lowest BCUT2D eigenvalue weighted by Gasteiger charge is -2.31. The molecule has 3 rings (SSSR count). The number of hydrogen-bond acceptors (Lipinski definition) is 4. The second kappa shape index (κ2) is 9.65. The van der Waals surface area contributed by atoms with E-state index >= 15 is 0 Å². The molecule has 0 aliphatic carbocycles. The van der Waals surface area contributed by atoms with Crippen LogP contribution in [0.15, 0.2) is 36.4 Å². The average molecular weight is 421 g/mol. The van der Waals surface area contributed by atoms with Crippen LogP contribution < -0.4 is 9.47 Å². The molecule has 0 aromatic heterocycles. The number of likely N-dealkylation sites (tertiary alicyclic amines) is 1. The Morgan fingerprint density at radius 3 is 2.13 bits per heavy atom. The largest absolute Gasteiger partial charge is 0.490 e. The third-order valence-corrected chi connectivity index (χ3v) is 4.97. The zero-order valence-electron chi connectivity index (χ0n) is 16.5. The van der Waals surface area contributed by atoms with E-state index in [1.807, 2.05) is 6.92 Å². The van der Waals surface area contributed by atoms with Gasteiger partial charge >= 0.3 is 0 Å². The first-order valence-corrected chi connectivity index (χ1v) is 9.71. The average Bonchev–Trinajstić information content (AvgIpc) is 2.72. The van der Waals surface area contributed by atoms with E-state index < -0.39 is 34.7 Å². The Bertz CT molecular complexity index is 903. The fourth-order valence-electron chi connectivity index (χ4n) is 3.45. The normalized spacial score (nSPS) is 14.5. The lowest BCUT2D eigenvalue weighted by Crippen LogP contribution is -2.42. The third-order valence-electron chi connectivity index (χ3n) is 4.97. The van der Waals surface area contributed by atoms with Crippen LogP contribution >= 0.6 is 0 Å². The molecule has 1 aliphatic heterocycles. The van der Waals surface area contributed by atoms with E-state index in [0.717, 1.165) is 0 Å². The van der Waals surface area contributed by atoms with Crippen molar-refractivity contribution in [3.63, 3.8) is 0 Å². The zero-order chi connectivity index (χ0) is 21.7. The molecule has 1 heterocycles. The number of benzene rings is 2. The zero-order valence-corrected chi connectivity index (χ0v) is 16.5. The van der Waals surface area contributed by atoms with Gasteiger partial charge in [0, 0.05) is 31.1 Å². The molecule has 5 nitrogen and oxygen atoms in total. The van der Waals surface area contributed by atoms with E-state index in [1.54, 1.807) is 29.2 Å². The van der Waals surface area contributed by atoms with Gasteiger partial charge in [-0.2, -0.15) is 0 Å². The maximum absolute atomic E-state index is 13.9. The first kappa shape index (κ1) is 21.7. The highest BCUT2D eigenvalue weighted by Crippen LogP contribution is 2.28. The first-order chi connectivity index (χ1) is 14.4. The second-order valence-corrected chi connectivity index (χ2v) is 6.93. The fourth-order valence-corrected chi connectivity index (χ4v) is 3.45. The van der Waals surface area contributed by atoms with Crippen LogP contribution in [0.2, 0.25) is 0 Å². The number of Topliss-reactive ketones (excluding diaryl/α,β-unsaturated/α-hetero) is 1. The number of halogens is 3. The lowest BCUT2D eigenvalue weighted by molar-refractivity contribution is -0.134. The molecule has 160 valence electrons.